The van der Waals surface area contributed by atoms with E-state index in [4.69, 9.17) is 9.15 Å². The van der Waals surface area contributed by atoms with Crippen LogP contribution < -0.4 is 4.74 Å². The summed E-state index contributed by atoms with van der Waals surface area (Å²) >= 11 is 1.52. The first-order valence-corrected chi connectivity index (χ1v) is 10.9. The van der Waals surface area contributed by atoms with E-state index < -0.39 is 0 Å². The minimum atomic E-state index is 0.507. The van der Waals surface area contributed by atoms with E-state index in [-0.39, 0.29) is 0 Å². The molecule has 0 aliphatic carbocycles. The number of tetrazole rings is 1. The maximum atomic E-state index is 5.57. The molecule has 3 heterocycles. The highest BCUT2D eigenvalue weighted by atomic mass is 32.2. The molecule has 2 aromatic carbocycles. The molecule has 3 aromatic heterocycles. The number of methoxy groups -OCH3 is 1. The number of nitrogens with zero attached hydrogens (tertiary/aromatic N) is 7. The van der Waals surface area contributed by atoms with Gasteiger partial charge >= 0.3 is 0 Å². The number of hydrogen-bond donors (Lipinski definition) is 0. The molecule has 0 N–H and O–H groups in total. The molecule has 0 fully saturated rings. The Labute approximate surface area is 188 Å². The molecule has 0 radical (unpaired) electrons. The molecule has 5 aromatic rings. The first-order chi connectivity index (χ1) is 15.8. The zero-order chi connectivity index (χ0) is 21.8. The predicted octanol–water partition coefficient (Wildman–Crippen LogP) is 3.86. The fourth-order valence-electron chi connectivity index (χ4n) is 3.24. The predicted molar refractivity (Wildman–Crippen MR) is 119 cm³/mol. The molecule has 0 spiro atoms. The Morgan fingerprint density at radius 2 is 1.78 bits per heavy atom. The normalized spacial score (nSPS) is 11.0. The molecule has 0 aliphatic heterocycles. The van der Waals surface area contributed by atoms with Crippen LogP contribution in [0.25, 0.3) is 17.1 Å². The van der Waals surface area contributed by atoms with Crippen LogP contribution in [0, 0.1) is 0 Å². The largest absolute Gasteiger partial charge is 0.497 e. The topological polar surface area (TPSA) is 96.7 Å². The van der Waals surface area contributed by atoms with E-state index in [1.807, 2.05) is 71.3 Å². The molecule has 0 atom stereocenters. The lowest BCUT2D eigenvalue weighted by atomic mass is 10.2. The maximum Gasteiger partial charge on any atom is 0.192 e. The molecule has 9 nitrogen and oxygen atoms in total. The van der Waals surface area contributed by atoms with Crippen molar-refractivity contribution in [2.75, 3.05) is 7.11 Å². The fraction of sp³-hybridized carbons (Fsp3) is 0.136. The summed E-state index contributed by atoms with van der Waals surface area (Å²) in [5, 5.41) is 21.8. The van der Waals surface area contributed by atoms with Crippen LogP contribution in [0.1, 0.15) is 11.6 Å². The second-order valence-electron chi connectivity index (χ2n) is 6.83. The first kappa shape index (κ1) is 20.0. The van der Waals surface area contributed by atoms with Gasteiger partial charge in [-0.15, -0.1) is 15.3 Å². The monoisotopic (exact) mass is 445 g/mol. The quantitative estimate of drug-likeness (QED) is 0.332. The number of rotatable bonds is 8. The van der Waals surface area contributed by atoms with Gasteiger partial charge in [0.15, 0.2) is 16.8 Å². The minimum Gasteiger partial charge on any atom is -0.497 e. The molecule has 32 heavy (non-hydrogen) atoms. The number of ether oxygens (including phenoxy) is 1. The van der Waals surface area contributed by atoms with Gasteiger partial charge in [-0.25, -0.2) is 0 Å². The summed E-state index contributed by atoms with van der Waals surface area (Å²) in [6.45, 7) is 0.507. The highest BCUT2D eigenvalue weighted by Crippen LogP contribution is 2.28. The van der Waals surface area contributed by atoms with Crippen LogP contribution in [0.4, 0.5) is 0 Å². The average Bonchev–Trinajstić information content (AvgIpc) is 3.60. The second kappa shape index (κ2) is 9.06. The van der Waals surface area contributed by atoms with Gasteiger partial charge in [0.05, 0.1) is 31.4 Å². The molecule has 0 bridgehead atoms. The smallest absolute Gasteiger partial charge is 0.192 e. The number of hydrogen-bond acceptors (Lipinski definition) is 8. The highest BCUT2D eigenvalue weighted by Gasteiger charge is 2.18. The van der Waals surface area contributed by atoms with E-state index in [1.54, 1.807) is 18.1 Å². The lowest BCUT2D eigenvalue weighted by Gasteiger charge is -2.09. The van der Waals surface area contributed by atoms with Crippen LogP contribution in [0.3, 0.4) is 0 Å². The zero-order valence-electron chi connectivity index (χ0n) is 17.2. The fourth-order valence-corrected chi connectivity index (χ4v) is 4.09. The Bertz CT molecular complexity index is 1280. The van der Waals surface area contributed by atoms with Crippen molar-refractivity contribution in [3.05, 3.63) is 84.6 Å². The van der Waals surface area contributed by atoms with Gasteiger partial charge in [0, 0.05) is 5.56 Å². The number of aromatic nitrogens is 7. The van der Waals surface area contributed by atoms with Gasteiger partial charge in [0.1, 0.15) is 11.5 Å². The van der Waals surface area contributed by atoms with Gasteiger partial charge in [-0.2, -0.15) is 4.68 Å². The third kappa shape index (κ3) is 4.12. The molecule has 0 saturated carbocycles. The Kier molecular flexibility index (Phi) is 5.67. The van der Waals surface area contributed by atoms with Crippen LogP contribution in [0.5, 0.6) is 5.75 Å². The van der Waals surface area contributed by atoms with Gasteiger partial charge in [0.25, 0.3) is 0 Å². The highest BCUT2D eigenvalue weighted by molar-refractivity contribution is 7.98. The summed E-state index contributed by atoms with van der Waals surface area (Å²) in [5.74, 6) is 3.60. The van der Waals surface area contributed by atoms with Gasteiger partial charge in [-0.05, 0) is 59.0 Å². The minimum absolute atomic E-state index is 0.507. The Balaban J connectivity index is 1.44. The summed E-state index contributed by atoms with van der Waals surface area (Å²) in [5.41, 5.74) is 1.84. The lowest BCUT2D eigenvalue weighted by Crippen LogP contribution is -2.05. The van der Waals surface area contributed by atoms with Crippen LogP contribution in [-0.2, 0) is 12.3 Å². The third-order valence-electron chi connectivity index (χ3n) is 4.82. The molecule has 5 rings (SSSR count). The van der Waals surface area contributed by atoms with Crippen molar-refractivity contribution in [2.24, 2.45) is 0 Å². The molecular formula is C22H19N7O2S. The summed E-state index contributed by atoms with van der Waals surface area (Å²) in [7, 11) is 1.65. The van der Waals surface area contributed by atoms with Crippen LogP contribution in [0.2, 0.25) is 0 Å². The summed E-state index contributed by atoms with van der Waals surface area (Å²) in [6, 6.07) is 21.3. The van der Waals surface area contributed by atoms with Crippen molar-refractivity contribution >= 4 is 11.8 Å². The van der Waals surface area contributed by atoms with Crippen molar-refractivity contribution in [1.82, 2.24) is 35.0 Å². The van der Waals surface area contributed by atoms with Gasteiger partial charge in [-0.1, -0.05) is 30.0 Å². The van der Waals surface area contributed by atoms with Crippen molar-refractivity contribution in [3.63, 3.8) is 0 Å². The average molecular weight is 446 g/mol. The number of thioether (sulfide) groups is 1. The standard InChI is InChI=1S/C22H19N7O2S/c1-30-18-11-9-16(10-12-18)21-24-25-22(28(21)14-19-8-5-13-31-19)32-15-20-23-26-27-29(20)17-6-3-2-4-7-17/h2-13H,14-15H2,1H3. The van der Waals surface area contributed by atoms with Crippen LogP contribution >= 0.6 is 11.8 Å². The number of benzene rings is 2. The SMILES string of the molecule is COc1ccc(-c2nnc(SCc3nnnn3-c3ccccc3)n2Cc2ccco2)cc1. The molecule has 0 saturated heterocycles. The molecule has 160 valence electrons. The van der Waals surface area contributed by atoms with Crippen molar-refractivity contribution in [2.45, 2.75) is 17.5 Å². The van der Waals surface area contributed by atoms with E-state index >= 15 is 0 Å². The van der Waals surface area contributed by atoms with E-state index in [0.29, 0.717) is 12.3 Å². The van der Waals surface area contributed by atoms with E-state index in [2.05, 4.69) is 25.7 Å². The van der Waals surface area contributed by atoms with Crippen molar-refractivity contribution < 1.29 is 9.15 Å². The molecule has 0 amide bonds. The van der Waals surface area contributed by atoms with Gasteiger partial charge < -0.3 is 9.15 Å². The summed E-state index contributed by atoms with van der Waals surface area (Å²) in [4.78, 5) is 0. The van der Waals surface area contributed by atoms with Gasteiger partial charge in [0.2, 0.25) is 0 Å². The van der Waals surface area contributed by atoms with Crippen LogP contribution in [0.15, 0.2) is 82.6 Å². The first-order valence-electron chi connectivity index (χ1n) is 9.87. The van der Waals surface area contributed by atoms with E-state index in [0.717, 1.165) is 39.6 Å². The van der Waals surface area contributed by atoms with Gasteiger partial charge in [-0.3, -0.25) is 4.57 Å². The third-order valence-corrected chi connectivity index (χ3v) is 5.79. The molecular weight excluding hydrogens is 426 g/mol. The summed E-state index contributed by atoms with van der Waals surface area (Å²) < 4.78 is 14.6. The Hall–Kier alpha value is -3.92. The number of para-hydroxylation sites is 1. The Morgan fingerprint density at radius 3 is 2.53 bits per heavy atom. The second-order valence-corrected chi connectivity index (χ2v) is 7.77. The summed E-state index contributed by atoms with van der Waals surface area (Å²) in [6.07, 6.45) is 1.66. The Morgan fingerprint density at radius 1 is 0.938 bits per heavy atom. The van der Waals surface area contributed by atoms with E-state index in [9.17, 15) is 0 Å². The van der Waals surface area contributed by atoms with Crippen LogP contribution in [-0.4, -0.2) is 42.1 Å². The number of furan rings is 1. The lowest BCUT2D eigenvalue weighted by molar-refractivity contribution is 0.415. The molecule has 0 unspecified atom stereocenters. The zero-order valence-corrected chi connectivity index (χ0v) is 18.0. The molecule has 10 heteroatoms. The van der Waals surface area contributed by atoms with E-state index in [1.165, 1.54) is 11.8 Å². The van der Waals surface area contributed by atoms with Crippen molar-refractivity contribution in [1.29, 1.82) is 0 Å². The molecule has 0 aliphatic rings. The van der Waals surface area contributed by atoms with Crippen molar-refractivity contribution in [3.8, 4) is 22.8 Å². The maximum absolute atomic E-state index is 5.57.